The van der Waals surface area contributed by atoms with Gasteiger partial charge in [-0.15, -0.1) is 0 Å². The van der Waals surface area contributed by atoms with Gasteiger partial charge >= 0.3 is 9.05 Å². The smallest absolute Gasteiger partial charge is 0.399 e. The maximum Gasteiger partial charge on any atom is 0.636 e. The number of rotatable bonds is 14. The summed E-state index contributed by atoms with van der Waals surface area (Å²) in [6.45, 7) is 18.3. The molecule has 4 aliphatic rings. The van der Waals surface area contributed by atoms with Gasteiger partial charge in [-0.3, -0.25) is 0 Å². The fourth-order valence-corrected chi connectivity index (χ4v) is 22.9. The predicted octanol–water partition coefficient (Wildman–Crippen LogP) is 5.78. The molecule has 0 bridgehead atoms. The Morgan fingerprint density at radius 2 is 1.03 bits per heavy atom. The third-order valence-corrected chi connectivity index (χ3v) is 23.6. The minimum absolute atomic E-state index is 0.551. The first-order valence-corrected chi connectivity index (χ1v) is 27.8. The molecule has 11 heteroatoms. The fraction of sp³-hybridized carbons (Fsp3) is 1.00. The van der Waals surface area contributed by atoms with Crippen molar-refractivity contribution < 1.29 is 25.9 Å². The van der Waals surface area contributed by atoms with Gasteiger partial charge in [0.25, 0.3) is 0 Å². The molecule has 6 unspecified atom stereocenters. The van der Waals surface area contributed by atoms with Crippen LogP contribution in [-0.4, -0.2) is 68.2 Å². The highest BCUT2D eigenvalue weighted by atomic mass is 28.5. The van der Waals surface area contributed by atoms with Crippen molar-refractivity contribution in [2.24, 2.45) is 11.8 Å². The van der Waals surface area contributed by atoms with Crippen LogP contribution in [0, 0.1) is 11.8 Å². The molecule has 0 aromatic carbocycles. The first kappa shape index (κ1) is 28.8. The van der Waals surface area contributed by atoms with E-state index in [2.05, 4.69) is 52.4 Å². The number of epoxide rings is 2. The SMILES string of the molecule is C[SiH](C)O[Si](O[SiH](C)C)(O[Si](C)(C)CCC1CCC2OC2C1)O[Si](C)(C)CCC1CCC2OC2C1. The molecule has 0 aromatic heterocycles. The van der Waals surface area contributed by atoms with Crippen molar-refractivity contribution in [1.82, 2.24) is 0 Å². The topological polar surface area (TPSA) is 62.0 Å². The molecule has 6 nitrogen and oxygen atoms in total. The van der Waals surface area contributed by atoms with Crippen molar-refractivity contribution in [3.05, 3.63) is 0 Å². The van der Waals surface area contributed by atoms with E-state index in [0.29, 0.717) is 24.4 Å². The van der Waals surface area contributed by atoms with Crippen molar-refractivity contribution in [1.29, 1.82) is 0 Å². The van der Waals surface area contributed by atoms with Crippen LogP contribution in [0.3, 0.4) is 0 Å². The molecule has 0 N–H and O–H groups in total. The second-order valence-electron chi connectivity index (χ2n) is 13.4. The lowest BCUT2D eigenvalue weighted by Gasteiger charge is -2.42. The van der Waals surface area contributed by atoms with Gasteiger partial charge in [0, 0.05) is 0 Å². The molecule has 0 spiro atoms. The zero-order chi connectivity index (χ0) is 25.4. The van der Waals surface area contributed by atoms with Crippen LogP contribution in [0.25, 0.3) is 0 Å². The van der Waals surface area contributed by atoms with Crippen molar-refractivity contribution in [2.75, 3.05) is 0 Å². The van der Waals surface area contributed by atoms with Gasteiger partial charge in [-0.05, 0) is 115 Å². The summed E-state index contributed by atoms with van der Waals surface area (Å²) in [5, 5.41) is 0. The molecule has 2 aliphatic carbocycles. The highest BCUT2D eigenvalue weighted by molar-refractivity contribution is 6.88. The van der Waals surface area contributed by atoms with E-state index in [1.165, 1.54) is 51.4 Å². The van der Waals surface area contributed by atoms with Gasteiger partial charge in [-0.25, -0.2) is 0 Å². The van der Waals surface area contributed by atoms with Gasteiger partial charge < -0.3 is 25.9 Å². The molecular weight excluding hydrogens is 525 g/mol. The second-order valence-corrected chi connectivity index (χ2v) is 30.2. The quantitative estimate of drug-likeness (QED) is 0.193. The Morgan fingerprint density at radius 3 is 1.37 bits per heavy atom. The molecular formula is C24H52O6Si5. The van der Waals surface area contributed by atoms with Gasteiger partial charge in [0.1, 0.15) is 0 Å². The molecule has 204 valence electrons. The highest BCUT2D eigenvalue weighted by Crippen LogP contribution is 2.43. The van der Waals surface area contributed by atoms with E-state index < -0.39 is 43.8 Å². The Morgan fingerprint density at radius 1 is 0.629 bits per heavy atom. The van der Waals surface area contributed by atoms with Gasteiger partial charge in [0.2, 0.25) is 0 Å². The third-order valence-electron chi connectivity index (χ3n) is 8.10. The van der Waals surface area contributed by atoms with Crippen LogP contribution in [-0.2, 0) is 25.9 Å². The van der Waals surface area contributed by atoms with E-state index >= 15 is 0 Å². The standard InChI is InChI=1S/C24H52O6Si5/c1-31(2)27-35(28-32(3)4,29-33(5,6)15-13-19-9-11-21-23(17-19)25-21)30-34(7,8)16-14-20-10-12-22-24(18-20)26-22/h19-24,31-32H,9-18H2,1-8H3. The summed E-state index contributed by atoms with van der Waals surface area (Å²) in [4.78, 5) is 0. The summed E-state index contributed by atoms with van der Waals surface area (Å²) in [5.74, 6) is 1.56. The van der Waals surface area contributed by atoms with Crippen LogP contribution >= 0.6 is 0 Å². The minimum Gasteiger partial charge on any atom is -0.399 e. The Labute approximate surface area is 221 Å². The molecule has 6 atom stereocenters. The minimum atomic E-state index is -3.18. The number of fused-ring (bicyclic) bond motifs is 2. The van der Waals surface area contributed by atoms with Gasteiger partial charge in [-0.2, -0.15) is 0 Å². The average molecular weight is 577 g/mol. The summed E-state index contributed by atoms with van der Waals surface area (Å²) in [6.07, 6.45) is 12.3. The summed E-state index contributed by atoms with van der Waals surface area (Å²) in [6, 6.07) is 2.29. The summed E-state index contributed by atoms with van der Waals surface area (Å²) in [5.41, 5.74) is 0. The molecule has 0 amide bonds. The molecule has 2 saturated carbocycles. The normalized spacial score (nSPS) is 33.1. The maximum atomic E-state index is 7.09. The molecule has 2 saturated heterocycles. The van der Waals surface area contributed by atoms with Crippen LogP contribution in [0.2, 0.25) is 64.5 Å². The Bertz CT molecular complexity index is 650. The Balaban J connectivity index is 1.38. The average Bonchev–Trinajstić information content (AvgIpc) is 3.62. The second kappa shape index (κ2) is 11.5. The zero-order valence-corrected chi connectivity index (χ0v) is 28.9. The summed E-state index contributed by atoms with van der Waals surface area (Å²) in [7, 11) is -10.1. The van der Waals surface area contributed by atoms with E-state index in [-0.39, 0.29) is 0 Å². The molecule has 0 radical (unpaired) electrons. The molecule has 0 aromatic rings. The van der Waals surface area contributed by atoms with E-state index in [4.69, 9.17) is 25.9 Å². The van der Waals surface area contributed by atoms with Crippen LogP contribution in [0.1, 0.15) is 51.4 Å². The highest BCUT2D eigenvalue weighted by Gasteiger charge is 2.54. The van der Waals surface area contributed by atoms with Crippen LogP contribution in [0.4, 0.5) is 0 Å². The van der Waals surface area contributed by atoms with Gasteiger partial charge in [-0.1, -0.05) is 12.8 Å². The Kier molecular flexibility index (Phi) is 9.50. The molecule has 4 rings (SSSR count). The van der Waals surface area contributed by atoms with E-state index in [1.54, 1.807) is 0 Å². The predicted molar refractivity (Wildman–Crippen MR) is 154 cm³/mol. The number of hydrogen-bond acceptors (Lipinski definition) is 6. The van der Waals surface area contributed by atoms with Crippen molar-refractivity contribution in [3.8, 4) is 0 Å². The number of ether oxygens (including phenoxy) is 2. The maximum absolute atomic E-state index is 7.09. The van der Waals surface area contributed by atoms with E-state index in [0.717, 1.165) is 23.9 Å². The molecule has 35 heavy (non-hydrogen) atoms. The lowest BCUT2D eigenvalue weighted by molar-refractivity contribution is 0.153. The first-order valence-electron chi connectivity index (χ1n) is 14.4. The largest absolute Gasteiger partial charge is 0.636 e. The van der Waals surface area contributed by atoms with Crippen molar-refractivity contribution in [2.45, 2.75) is 140 Å². The van der Waals surface area contributed by atoms with E-state index in [1.807, 2.05) is 0 Å². The molecule has 2 aliphatic heterocycles. The van der Waals surface area contributed by atoms with E-state index in [9.17, 15) is 0 Å². The zero-order valence-electron chi connectivity index (χ0n) is 23.6. The third kappa shape index (κ3) is 8.94. The first-order chi connectivity index (χ1) is 16.3. The lowest BCUT2D eigenvalue weighted by atomic mass is 9.88. The van der Waals surface area contributed by atoms with Crippen LogP contribution in [0.5, 0.6) is 0 Å². The van der Waals surface area contributed by atoms with Crippen LogP contribution in [0.15, 0.2) is 0 Å². The Hall–Kier alpha value is 0.844. The molecule has 2 heterocycles. The summed E-state index contributed by atoms with van der Waals surface area (Å²) < 4.78 is 39.2. The monoisotopic (exact) mass is 576 g/mol. The van der Waals surface area contributed by atoms with Crippen LogP contribution < -0.4 is 0 Å². The fourth-order valence-electron chi connectivity index (χ4n) is 6.10. The van der Waals surface area contributed by atoms with Gasteiger partial charge in [0.15, 0.2) is 34.7 Å². The lowest BCUT2D eigenvalue weighted by Crippen LogP contribution is -2.63. The number of hydrogen-bond donors (Lipinski definition) is 0. The van der Waals surface area contributed by atoms with Gasteiger partial charge in [0.05, 0.1) is 24.4 Å². The van der Waals surface area contributed by atoms with Crippen molar-refractivity contribution in [3.63, 3.8) is 0 Å². The van der Waals surface area contributed by atoms with Crippen molar-refractivity contribution >= 4 is 43.8 Å². The molecule has 4 fully saturated rings. The summed E-state index contributed by atoms with van der Waals surface area (Å²) >= 11 is 0.